The van der Waals surface area contributed by atoms with Crippen molar-refractivity contribution in [3.05, 3.63) is 88.4 Å². The lowest BCUT2D eigenvalue weighted by molar-refractivity contribution is 0.0687. The number of carbonyl (C=O) groups excluding carboxylic acids is 2. The Morgan fingerprint density at radius 3 is 2.48 bits per heavy atom. The second-order valence-electron chi connectivity index (χ2n) is 9.18. The number of benzene rings is 2. The van der Waals surface area contributed by atoms with Crippen LogP contribution in [0, 0.1) is 11.6 Å². The van der Waals surface area contributed by atoms with E-state index in [0.717, 1.165) is 4.31 Å². The molecule has 218 valence electrons. The first-order valence-electron chi connectivity index (χ1n) is 12.2. The second kappa shape index (κ2) is 10.7. The Balaban J connectivity index is 1.49. The van der Waals surface area contributed by atoms with Crippen LogP contribution in [0.4, 0.5) is 14.6 Å². The maximum Gasteiger partial charge on any atom is 0.352 e. The van der Waals surface area contributed by atoms with E-state index in [2.05, 4.69) is 15.5 Å². The molecule has 2 aromatic heterocycles. The zero-order valence-electron chi connectivity index (χ0n) is 21.7. The number of aromatic amines is 1. The van der Waals surface area contributed by atoms with Crippen LogP contribution < -0.4 is 15.8 Å². The van der Waals surface area contributed by atoms with Crippen LogP contribution >= 0.6 is 0 Å². The number of carboxylic acids is 1. The first-order chi connectivity index (χ1) is 19.9. The van der Waals surface area contributed by atoms with Gasteiger partial charge in [-0.05, 0) is 36.4 Å². The number of aromatic carboxylic acids is 1. The molecule has 1 aliphatic heterocycles. The molecule has 42 heavy (non-hydrogen) atoms. The lowest BCUT2D eigenvalue weighted by Gasteiger charge is -2.26. The van der Waals surface area contributed by atoms with Gasteiger partial charge in [-0.15, -0.1) is 0 Å². The minimum absolute atomic E-state index is 0.0283. The van der Waals surface area contributed by atoms with Gasteiger partial charge in [-0.25, -0.2) is 22.0 Å². The number of carbonyl (C=O) groups is 3. The summed E-state index contributed by atoms with van der Waals surface area (Å²) in [5.41, 5.74) is 5.84. The molecule has 16 heteroatoms. The number of ether oxygens (including phenoxy) is 1. The molecule has 0 bridgehead atoms. The largest absolute Gasteiger partial charge is 0.495 e. The van der Waals surface area contributed by atoms with Gasteiger partial charge in [0.1, 0.15) is 23.1 Å². The minimum atomic E-state index is -4.32. The van der Waals surface area contributed by atoms with Gasteiger partial charge in [-0.3, -0.25) is 14.7 Å². The van der Waals surface area contributed by atoms with Crippen molar-refractivity contribution in [3.63, 3.8) is 0 Å². The van der Waals surface area contributed by atoms with Crippen LogP contribution in [0.2, 0.25) is 0 Å². The predicted octanol–water partition coefficient (Wildman–Crippen LogP) is 2.28. The number of aromatic nitrogens is 3. The number of sulfonamides is 1. The summed E-state index contributed by atoms with van der Waals surface area (Å²) in [6, 6.07) is 7.20. The number of nitrogens with zero attached hydrogens (tertiary/aromatic N) is 3. The van der Waals surface area contributed by atoms with E-state index in [0.29, 0.717) is 29.5 Å². The van der Waals surface area contributed by atoms with Gasteiger partial charge in [0.15, 0.2) is 5.82 Å². The van der Waals surface area contributed by atoms with E-state index < -0.39 is 44.3 Å². The third-order valence-corrected chi connectivity index (χ3v) is 8.48. The molecule has 0 unspecified atom stereocenters. The van der Waals surface area contributed by atoms with Gasteiger partial charge < -0.3 is 25.5 Å². The maximum absolute atomic E-state index is 13.7. The summed E-state index contributed by atoms with van der Waals surface area (Å²) >= 11 is 0. The summed E-state index contributed by atoms with van der Waals surface area (Å²) in [6.45, 7) is -0.316. The summed E-state index contributed by atoms with van der Waals surface area (Å²) in [4.78, 5) is 36.9. The summed E-state index contributed by atoms with van der Waals surface area (Å²) < 4.78 is 61.4. The van der Waals surface area contributed by atoms with Gasteiger partial charge in [0, 0.05) is 43.0 Å². The highest BCUT2D eigenvalue weighted by Crippen LogP contribution is 2.32. The van der Waals surface area contributed by atoms with Crippen molar-refractivity contribution in [1.29, 1.82) is 0 Å². The van der Waals surface area contributed by atoms with E-state index in [9.17, 15) is 36.7 Å². The number of methoxy groups -OCH3 is 1. The molecule has 5 N–H and O–H groups in total. The molecule has 0 saturated carbocycles. The molecule has 2 amide bonds. The topological polar surface area (TPSA) is 190 Å². The molecule has 4 aromatic rings. The summed E-state index contributed by atoms with van der Waals surface area (Å²) in [5, 5.41) is 18.9. The van der Waals surface area contributed by atoms with E-state index in [1.807, 2.05) is 0 Å². The monoisotopic (exact) mass is 600 g/mol. The number of fused-ring (bicyclic) bond motifs is 1. The molecular formula is C26H22F2N6O7S. The predicted molar refractivity (Wildman–Crippen MR) is 142 cm³/mol. The first kappa shape index (κ1) is 28.4. The van der Waals surface area contributed by atoms with Gasteiger partial charge in [-0.2, -0.15) is 9.40 Å². The maximum atomic E-state index is 13.7. The number of amides is 2. The molecule has 0 saturated heterocycles. The zero-order chi connectivity index (χ0) is 30.3. The second-order valence-corrected chi connectivity index (χ2v) is 11.1. The molecule has 0 spiro atoms. The van der Waals surface area contributed by atoms with Gasteiger partial charge >= 0.3 is 5.97 Å². The lowest BCUT2D eigenvalue weighted by Crippen LogP contribution is -2.36. The number of nitrogens with two attached hydrogens (primary N) is 1. The fraction of sp³-hybridized carbons (Fsp3) is 0.154. The fourth-order valence-corrected chi connectivity index (χ4v) is 6.11. The van der Waals surface area contributed by atoms with Crippen LogP contribution in [0.25, 0.3) is 5.69 Å². The van der Waals surface area contributed by atoms with Crippen molar-refractivity contribution in [2.24, 2.45) is 5.73 Å². The first-order valence-corrected chi connectivity index (χ1v) is 13.6. The molecule has 0 fully saturated rings. The number of nitrogens with one attached hydrogen (secondary N) is 2. The average Bonchev–Trinajstić information content (AvgIpc) is 3.59. The molecule has 2 aromatic carbocycles. The van der Waals surface area contributed by atoms with Crippen molar-refractivity contribution in [2.45, 2.75) is 17.9 Å². The van der Waals surface area contributed by atoms with Crippen LogP contribution in [0.1, 0.15) is 42.5 Å². The number of hydrogen-bond acceptors (Lipinski definition) is 7. The Labute approximate surface area is 236 Å². The van der Waals surface area contributed by atoms with Crippen LogP contribution in [0.15, 0.2) is 53.6 Å². The van der Waals surface area contributed by atoms with Gasteiger partial charge in [0.05, 0.1) is 28.8 Å². The number of primary amides is 1. The molecule has 0 aliphatic carbocycles. The van der Waals surface area contributed by atoms with Crippen molar-refractivity contribution in [3.8, 4) is 11.4 Å². The van der Waals surface area contributed by atoms with E-state index in [-0.39, 0.29) is 53.6 Å². The standard InChI is InChI=1S/C26H22F2N6O7S/c1-41-22-11-16(23(29)35)17(10-21(22)34-5-2-3-20(34)26(37)38)25(36)30-24-18-12-33(6-4-19(18)31-32-24)42(39,40)15-8-13(27)7-14(28)9-15/h2-3,5,7-11H,4,6,12H2,1H3,(H2,29,35)(H,37,38)(H2,30,31,32,36). The summed E-state index contributed by atoms with van der Waals surface area (Å²) in [7, 11) is -3.03. The lowest BCUT2D eigenvalue weighted by atomic mass is 10.0. The summed E-state index contributed by atoms with van der Waals surface area (Å²) in [6.07, 6.45) is 1.58. The van der Waals surface area contributed by atoms with Crippen LogP contribution in [-0.2, 0) is 23.0 Å². The Hall–Kier alpha value is -5.09. The van der Waals surface area contributed by atoms with Gasteiger partial charge in [0.2, 0.25) is 15.9 Å². The number of hydrogen-bond donors (Lipinski definition) is 4. The molecule has 1 aliphatic rings. The fourth-order valence-electron chi connectivity index (χ4n) is 4.66. The van der Waals surface area contributed by atoms with Crippen molar-refractivity contribution in [1.82, 2.24) is 19.1 Å². The molecule has 0 radical (unpaired) electrons. The number of anilines is 1. The summed E-state index contributed by atoms with van der Waals surface area (Å²) in [5.74, 6) is -5.19. The highest BCUT2D eigenvalue weighted by atomic mass is 32.2. The van der Waals surface area contributed by atoms with Crippen molar-refractivity contribution in [2.75, 3.05) is 19.0 Å². The molecule has 0 atom stereocenters. The van der Waals surface area contributed by atoms with Crippen molar-refractivity contribution >= 4 is 33.6 Å². The molecular weight excluding hydrogens is 578 g/mol. The van der Waals surface area contributed by atoms with E-state index >= 15 is 0 Å². The van der Waals surface area contributed by atoms with Crippen LogP contribution in [0.3, 0.4) is 0 Å². The average molecular weight is 601 g/mol. The Kier molecular flexibility index (Phi) is 7.26. The SMILES string of the molecule is COc1cc(C(N)=O)c(C(=O)Nc2n[nH]c3c2CN(S(=O)(=O)c2cc(F)cc(F)c2)CC3)cc1-n1cccc1C(=O)O. The van der Waals surface area contributed by atoms with E-state index in [1.54, 1.807) is 0 Å². The Bertz CT molecular complexity index is 1850. The minimum Gasteiger partial charge on any atom is -0.495 e. The third kappa shape index (κ3) is 5.08. The van der Waals surface area contributed by atoms with E-state index in [1.165, 1.54) is 42.1 Å². The van der Waals surface area contributed by atoms with E-state index in [4.69, 9.17) is 10.5 Å². The highest BCUT2D eigenvalue weighted by Gasteiger charge is 2.33. The van der Waals surface area contributed by atoms with Gasteiger partial charge in [-0.1, -0.05) is 0 Å². The van der Waals surface area contributed by atoms with Crippen LogP contribution in [-0.4, -0.2) is 64.0 Å². The third-order valence-electron chi connectivity index (χ3n) is 6.66. The highest BCUT2D eigenvalue weighted by molar-refractivity contribution is 7.89. The molecule has 13 nitrogen and oxygen atoms in total. The van der Waals surface area contributed by atoms with Gasteiger partial charge in [0.25, 0.3) is 5.91 Å². The number of rotatable bonds is 8. The zero-order valence-corrected chi connectivity index (χ0v) is 22.5. The Morgan fingerprint density at radius 2 is 1.83 bits per heavy atom. The molecule has 3 heterocycles. The smallest absolute Gasteiger partial charge is 0.352 e. The van der Waals surface area contributed by atoms with Crippen LogP contribution in [0.5, 0.6) is 5.75 Å². The molecule has 5 rings (SSSR count). The Morgan fingerprint density at radius 1 is 1.12 bits per heavy atom. The van der Waals surface area contributed by atoms with Crippen molar-refractivity contribution < 1.29 is 41.4 Å². The normalized spacial score (nSPS) is 13.4. The number of halogens is 2. The number of carboxylic acid groups (broad SMARTS) is 1. The number of H-pyrrole nitrogens is 1. The quantitative estimate of drug-likeness (QED) is 0.237.